The number of aromatic amines is 1. The van der Waals surface area contributed by atoms with E-state index in [-0.39, 0.29) is 22.2 Å². The van der Waals surface area contributed by atoms with Gasteiger partial charge in [0, 0.05) is 36.7 Å². The SMILES string of the molecule is NC(=O)c1nc(C(=O)N2CCc3[nH]c(=O)ccc3C2)cs1. The predicted octanol–water partition coefficient (Wildman–Crippen LogP) is 0.129. The van der Waals surface area contributed by atoms with Crippen LogP contribution in [0.1, 0.15) is 31.5 Å². The lowest BCUT2D eigenvalue weighted by atomic mass is 10.1. The summed E-state index contributed by atoms with van der Waals surface area (Å²) in [6, 6.07) is 3.17. The molecule has 7 nitrogen and oxygen atoms in total. The summed E-state index contributed by atoms with van der Waals surface area (Å²) >= 11 is 1.06. The minimum atomic E-state index is -0.638. The molecule has 0 bridgehead atoms. The van der Waals surface area contributed by atoms with Crippen LogP contribution in [0.15, 0.2) is 22.3 Å². The number of nitrogens with zero attached hydrogens (tertiary/aromatic N) is 2. The minimum Gasteiger partial charge on any atom is -0.364 e. The first kappa shape index (κ1) is 13.5. The fourth-order valence-electron chi connectivity index (χ4n) is 2.27. The summed E-state index contributed by atoms with van der Waals surface area (Å²) < 4.78 is 0. The molecule has 1 aliphatic heterocycles. The molecule has 2 amide bonds. The van der Waals surface area contributed by atoms with Gasteiger partial charge in [-0.2, -0.15) is 0 Å². The quantitative estimate of drug-likeness (QED) is 0.821. The molecule has 0 saturated heterocycles. The van der Waals surface area contributed by atoms with Crippen LogP contribution in [0.2, 0.25) is 0 Å². The Morgan fingerprint density at radius 3 is 2.90 bits per heavy atom. The van der Waals surface area contributed by atoms with Crippen LogP contribution >= 0.6 is 11.3 Å². The topological polar surface area (TPSA) is 109 Å². The van der Waals surface area contributed by atoms with Crippen molar-refractivity contribution >= 4 is 23.2 Å². The van der Waals surface area contributed by atoms with Crippen LogP contribution in [0.4, 0.5) is 0 Å². The number of nitrogens with two attached hydrogens (primary N) is 1. The van der Waals surface area contributed by atoms with Gasteiger partial charge in [-0.3, -0.25) is 14.4 Å². The maximum atomic E-state index is 12.4. The highest BCUT2D eigenvalue weighted by Crippen LogP contribution is 2.18. The highest BCUT2D eigenvalue weighted by atomic mass is 32.1. The van der Waals surface area contributed by atoms with Crippen LogP contribution < -0.4 is 11.3 Å². The number of H-pyrrole nitrogens is 1. The average molecular weight is 304 g/mol. The highest BCUT2D eigenvalue weighted by Gasteiger charge is 2.24. The van der Waals surface area contributed by atoms with Gasteiger partial charge in [0.1, 0.15) is 5.69 Å². The average Bonchev–Trinajstić information content (AvgIpc) is 2.96. The van der Waals surface area contributed by atoms with E-state index in [0.717, 1.165) is 22.6 Å². The molecule has 3 heterocycles. The van der Waals surface area contributed by atoms with Crippen molar-refractivity contribution in [2.24, 2.45) is 5.73 Å². The van der Waals surface area contributed by atoms with E-state index in [0.29, 0.717) is 19.5 Å². The molecule has 3 N–H and O–H groups in total. The number of hydrogen-bond acceptors (Lipinski definition) is 5. The number of pyridine rings is 1. The van der Waals surface area contributed by atoms with Gasteiger partial charge in [-0.15, -0.1) is 11.3 Å². The van der Waals surface area contributed by atoms with E-state index in [1.807, 2.05) is 0 Å². The lowest BCUT2D eigenvalue weighted by Gasteiger charge is -2.27. The Bertz CT molecular complexity index is 780. The van der Waals surface area contributed by atoms with E-state index in [1.54, 1.807) is 11.0 Å². The monoisotopic (exact) mass is 304 g/mol. The predicted molar refractivity (Wildman–Crippen MR) is 76.1 cm³/mol. The third-order valence-electron chi connectivity index (χ3n) is 3.31. The summed E-state index contributed by atoms with van der Waals surface area (Å²) in [6.45, 7) is 0.906. The summed E-state index contributed by atoms with van der Waals surface area (Å²) in [4.78, 5) is 43.0. The lowest BCUT2D eigenvalue weighted by Crippen LogP contribution is -2.37. The Balaban J connectivity index is 1.81. The van der Waals surface area contributed by atoms with Gasteiger partial charge in [0.25, 0.3) is 11.8 Å². The number of primary amides is 1. The van der Waals surface area contributed by atoms with Crippen LogP contribution in [-0.2, 0) is 13.0 Å². The van der Waals surface area contributed by atoms with E-state index < -0.39 is 5.91 Å². The van der Waals surface area contributed by atoms with E-state index in [9.17, 15) is 14.4 Å². The fraction of sp³-hybridized carbons (Fsp3) is 0.231. The molecule has 0 radical (unpaired) electrons. The molecule has 108 valence electrons. The van der Waals surface area contributed by atoms with Crippen molar-refractivity contribution in [3.8, 4) is 0 Å². The van der Waals surface area contributed by atoms with Crippen molar-refractivity contribution in [1.82, 2.24) is 14.9 Å². The zero-order valence-electron chi connectivity index (χ0n) is 11.0. The number of hydrogen-bond donors (Lipinski definition) is 2. The molecule has 2 aromatic rings. The first-order valence-corrected chi connectivity index (χ1v) is 7.18. The number of aromatic nitrogens is 2. The van der Waals surface area contributed by atoms with E-state index in [2.05, 4.69) is 9.97 Å². The van der Waals surface area contributed by atoms with Gasteiger partial charge < -0.3 is 15.6 Å². The van der Waals surface area contributed by atoms with Crippen molar-refractivity contribution in [2.45, 2.75) is 13.0 Å². The van der Waals surface area contributed by atoms with Crippen LogP contribution in [0.25, 0.3) is 0 Å². The zero-order valence-corrected chi connectivity index (χ0v) is 11.8. The molecule has 2 aromatic heterocycles. The maximum absolute atomic E-state index is 12.4. The molecule has 3 rings (SSSR count). The van der Waals surface area contributed by atoms with Crippen LogP contribution in [-0.4, -0.2) is 33.2 Å². The summed E-state index contributed by atoms with van der Waals surface area (Å²) in [5.74, 6) is -0.879. The van der Waals surface area contributed by atoms with Crippen LogP contribution in [0, 0.1) is 0 Å². The van der Waals surface area contributed by atoms with Crippen molar-refractivity contribution in [1.29, 1.82) is 0 Å². The summed E-state index contributed by atoms with van der Waals surface area (Å²) in [7, 11) is 0. The van der Waals surface area contributed by atoms with Crippen molar-refractivity contribution in [3.05, 3.63) is 49.8 Å². The zero-order chi connectivity index (χ0) is 15.0. The molecule has 21 heavy (non-hydrogen) atoms. The molecule has 0 aliphatic carbocycles. The normalized spacial score (nSPS) is 13.8. The van der Waals surface area contributed by atoms with Crippen molar-refractivity contribution in [3.63, 3.8) is 0 Å². The van der Waals surface area contributed by atoms with E-state index in [4.69, 9.17) is 5.73 Å². The standard InChI is InChI=1S/C13H12N4O3S/c14-11(19)12-16-9(6-21-12)13(20)17-4-3-8-7(5-17)1-2-10(18)15-8/h1-2,6H,3-5H2,(H2,14,19)(H,15,18). The summed E-state index contributed by atoms with van der Waals surface area (Å²) in [5, 5.41) is 1.66. The fourth-order valence-corrected chi connectivity index (χ4v) is 2.91. The minimum absolute atomic E-state index is 0.125. The summed E-state index contributed by atoms with van der Waals surface area (Å²) in [6.07, 6.45) is 0.587. The first-order chi connectivity index (χ1) is 10.0. The van der Waals surface area contributed by atoms with Gasteiger partial charge >= 0.3 is 0 Å². The second kappa shape index (κ2) is 5.13. The molecule has 0 atom stereocenters. The van der Waals surface area contributed by atoms with Gasteiger partial charge in [0.15, 0.2) is 5.01 Å². The number of nitrogens with one attached hydrogen (secondary N) is 1. The Hall–Kier alpha value is -2.48. The van der Waals surface area contributed by atoms with Crippen LogP contribution in [0.5, 0.6) is 0 Å². The Kier molecular flexibility index (Phi) is 3.30. The van der Waals surface area contributed by atoms with Gasteiger partial charge in [0.05, 0.1) is 0 Å². The Morgan fingerprint density at radius 2 is 2.19 bits per heavy atom. The number of carbonyl (C=O) groups excluding carboxylic acids is 2. The molecular weight excluding hydrogens is 292 g/mol. The second-order valence-corrected chi connectivity index (χ2v) is 5.56. The van der Waals surface area contributed by atoms with E-state index >= 15 is 0 Å². The lowest BCUT2D eigenvalue weighted by molar-refractivity contribution is 0.0728. The Morgan fingerprint density at radius 1 is 1.38 bits per heavy atom. The van der Waals surface area contributed by atoms with Crippen molar-refractivity contribution in [2.75, 3.05) is 6.54 Å². The molecule has 0 fully saturated rings. The number of carbonyl (C=O) groups is 2. The number of thiazole rings is 1. The molecular formula is C13H12N4O3S. The third-order valence-corrected chi connectivity index (χ3v) is 4.17. The second-order valence-electron chi connectivity index (χ2n) is 4.71. The number of rotatable bonds is 2. The smallest absolute Gasteiger partial charge is 0.277 e. The summed E-state index contributed by atoms with van der Waals surface area (Å²) in [5.41, 5.74) is 7.00. The highest BCUT2D eigenvalue weighted by molar-refractivity contribution is 7.11. The number of amides is 2. The van der Waals surface area contributed by atoms with Crippen molar-refractivity contribution < 1.29 is 9.59 Å². The number of fused-ring (bicyclic) bond motifs is 1. The molecule has 0 spiro atoms. The van der Waals surface area contributed by atoms with Gasteiger partial charge in [-0.25, -0.2) is 4.98 Å². The molecule has 1 aliphatic rings. The maximum Gasteiger partial charge on any atom is 0.277 e. The molecule has 0 unspecified atom stereocenters. The molecule has 0 saturated carbocycles. The molecule has 8 heteroatoms. The largest absolute Gasteiger partial charge is 0.364 e. The van der Waals surface area contributed by atoms with Crippen LogP contribution in [0.3, 0.4) is 0 Å². The Labute approximate surface area is 123 Å². The van der Waals surface area contributed by atoms with Gasteiger partial charge in [0.2, 0.25) is 5.56 Å². The van der Waals surface area contributed by atoms with Gasteiger partial charge in [-0.1, -0.05) is 6.07 Å². The molecule has 0 aromatic carbocycles. The third kappa shape index (κ3) is 2.57. The van der Waals surface area contributed by atoms with Gasteiger partial charge in [-0.05, 0) is 5.56 Å². The first-order valence-electron chi connectivity index (χ1n) is 6.30. The van der Waals surface area contributed by atoms with E-state index in [1.165, 1.54) is 11.4 Å².